The van der Waals surface area contributed by atoms with Crippen LogP contribution in [0.15, 0.2) is 12.1 Å². The topological polar surface area (TPSA) is 60.9 Å². The van der Waals surface area contributed by atoms with Crippen molar-refractivity contribution >= 4 is 28.5 Å². The Morgan fingerprint density at radius 2 is 2.28 bits per heavy atom. The molecule has 0 bridgehead atoms. The number of hydrogen-bond donors (Lipinski definition) is 1. The monoisotopic (exact) mass is 269 g/mol. The third-order valence-electron chi connectivity index (χ3n) is 2.81. The largest absolute Gasteiger partial charge is 0.370 e. The molecular formula is C12H13ClFN3O. The lowest BCUT2D eigenvalue weighted by molar-refractivity contribution is -0.118. The summed E-state index contributed by atoms with van der Waals surface area (Å²) in [6.07, 6.45) is 0.200. The van der Waals surface area contributed by atoms with Crippen LogP contribution in [0.3, 0.4) is 0 Å². The lowest BCUT2D eigenvalue weighted by atomic mass is 10.2. The van der Waals surface area contributed by atoms with E-state index in [4.69, 9.17) is 17.3 Å². The Kier molecular flexibility index (Phi) is 3.52. The highest BCUT2D eigenvalue weighted by Gasteiger charge is 2.12. The number of benzene rings is 1. The predicted molar refractivity (Wildman–Crippen MR) is 67.8 cm³/mol. The molecule has 4 nitrogen and oxygen atoms in total. The molecular weight excluding hydrogens is 257 g/mol. The number of nitrogens with zero attached hydrogens (tertiary/aromatic N) is 2. The van der Waals surface area contributed by atoms with Crippen LogP contribution in [0.25, 0.3) is 11.0 Å². The highest BCUT2D eigenvalue weighted by atomic mass is 35.5. The number of aromatic nitrogens is 2. The van der Waals surface area contributed by atoms with Crippen LogP contribution < -0.4 is 5.73 Å². The molecule has 0 fully saturated rings. The van der Waals surface area contributed by atoms with Gasteiger partial charge in [0.15, 0.2) is 0 Å². The van der Waals surface area contributed by atoms with Gasteiger partial charge in [-0.2, -0.15) is 0 Å². The van der Waals surface area contributed by atoms with E-state index in [-0.39, 0.29) is 18.1 Å². The minimum atomic E-state index is -0.392. The number of nitrogens with two attached hydrogens (primary N) is 1. The van der Waals surface area contributed by atoms with Crippen LogP contribution in [-0.2, 0) is 17.2 Å². The van der Waals surface area contributed by atoms with Gasteiger partial charge in [-0.05, 0) is 18.6 Å². The van der Waals surface area contributed by atoms with Crippen molar-refractivity contribution in [1.82, 2.24) is 9.55 Å². The molecule has 1 aromatic carbocycles. The number of aryl methyl sites for hydroxylation is 2. The van der Waals surface area contributed by atoms with Crippen LogP contribution in [0.2, 0.25) is 0 Å². The summed E-state index contributed by atoms with van der Waals surface area (Å²) in [5.41, 5.74) is 6.97. The van der Waals surface area contributed by atoms with Crippen LogP contribution >= 0.6 is 11.6 Å². The Hall–Kier alpha value is -1.62. The van der Waals surface area contributed by atoms with Gasteiger partial charge in [0.2, 0.25) is 5.91 Å². The highest BCUT2D eigenvalue weighted by Crippen LogP contribution is 2.21. The second kappa shape index (κ2) is 4.94. The lowest BCUT2D eigenvalue weighted by Gasteiger charge is -2.06. The van der Waals surface area contributed by atoms with Crippen LogP contribution in [0.1, 0.15) is 17.8 Å². The number of halogens is 2. The van der Waals surface area contributed by atoms with E-state index >= 15 is 0 Å². The zero-order chi connectivity index (χ0) is 13.3. The van der Waals surface area contributed by atoms with Gasteiger partial charge in [-0.25, -0.2) is 9.37 Å². The third kappa shape index (κ3) is 2.31. The number of hydrogen-bond acceptors (Lipinski definition) is 2. The second-order valence-electron chi connectivity index (χ2n) is 4.12. The van der Waals surface area contributed by atoms with Gasteiger partial charge >= 0.3 is 0 Å². The predicted octanol–water partition coefficient (Wildman–Crippen LogP) is 2.10. The summed E-state index contributed by atoms with van der Waals surface area (Å²) in [7, 11) is 0. The fourth-order valence-corrected chi connectivity index (χ4v) is 2.08. The molecule has 1 amide bonds. The number of amides is 1. The zero-order valence-corrected chi connectivity index (χ0v) is 10.7. The smallest absolute Gasteiger partial charge is 0.219 e. The van der Waals surface area contributed by atoms with Crippen molar-refractivity contribution in [3.63, 3.8) is 0 Å². The normalized spacial score (nSPS) is 11.1. The summed E-state index contributed by atoms with van der Waals surface area (Å²) < 4.78 is 15.3. The van der Waals surface area contributed by atoms with Crippen LogP contribution in [0.5, 0.6) is 0 Å². The molecule has 0 radical (unpaired) electrons. The molecule has 0 aliphatic rings. The molecule has 0 aliphatic carbocycles. The molecule has 1 heterocycles. The van der Waals surface area contributed by atoms with Crippen molar-refractivity contribution in [2.45, 2.75) is 25.8 Å². The summed E-state index contributed by atoms with van der Waals surface area (Å²) in [6.45, 7) is 2.08. The fourth-order valence-electron chi connectivity index (χ4n) is 1.87. The van der Waals surface area contributed by atoms with E-state index < -0.39 is 5.91 Å². The van der Waals surface area contributed by atoms with Crippen molar-refractivity contribution < 1.29 is 9.18 Å². The molecule has 6 heteroatoms. The van der Waals surface area contributed by atoms with E-state index in [2.05, 4.69) is 4.98 Å². The first-order valence-corrected chi connectivity index (χ1v) is 6.06. The van der Waals surface area contributed by atoms with E-state index in [1.165, 1.54) is 6.07 Å². The Morgan fingerprint density at radius 1 is 1.56 bits per heavy atom. The van der Waals surface area contributed by atoms with Gasteiger partial charge < -0.3 is 10.3 Å². The van der Waals surface area contributed by atoms with Crippen molar-refractivity contribution in [2.75, 3.05) is 0 Å². The number of fused-ring (bicyclic) bond motifs is 1. The summed E-state index contributed by atoms with van der Waals surface area (Å²) in [6, 6.07) is 3.08. The lowest BCUT2D eigenvalue weighted by Crippen LogP contribution is -2.14. The standard InChI is InChI=1S/C12H13ClFN3O/c1-7-4-10-9(5-8(7)14)16-12(6-13)17(10)3-2-11(15)18/h4-5H,2-3,6H2,1H3,(H2,15,18). The minimum Gasteiger partial charge on any atom is -0.370 e. The first-order chi connectivity index (χ1) is 8.52. The maximum Gasteiger partial charge on any atom is 0.219 e. The van der Waals surface area contributed by atoms with Gasteiger partial charge in [-0.1, -0.05) is 0 Å². The molecule has 0 saturated carbocycles. The van der Waals surface area contributed by atoms with Gasteiger partial charge in [0.05, 0.1) is 16.9 Å². The van der Waals surface area contributed by atoms with Gasteiger partial charge in [-0.3, -0.25) is 4.79 Å². The minimum absolute atomic E-state index is 0.200. The van der Waals surface area contributed by atoms with Gasteiger partial charge in [0.25, 0.3) is 0 Å². The molecule has 18 heavy (non-hydrogen) atoms. The molecule has 0 unspecified atom stereocenters. The van der Waals surface area contributed by atoms with Gasteiger partial charge in [0, 0.05) is 19.0 Å². The zero-order valence-electron chi connectivity index (χ0n) is 9.91. The Balaban J connectivity index is 2.53. The molecule has 1 aromatic heterocycles. The van der Waals surface area contributed by atoms with E-state index in [9.17, 15) is 9.18 Å². The van der Waals surface area contributed by atoms with Crippen molar-refractivity contribution in [3.05, 3.63) is 29.3 Å². The van der Waals surface area contributed by atoms with Crippen LogP contribution in [-0.4, -0.2) is 15.5 Å². The number of carbonyl (C=O) groups excluding carboxylic acids is 1. The first kappa shape index (κ1) is 12.8. The first-order valence-electron chi connectivity index (χ1n) is 5.52. The Labute approximate surface area is 109 Å². The number of imidazole rings is 1. The highest BCUT2D eigenvalue weighted by molar-refractivity contribution is 6.16. The Bertz CT molecular complexity index is 609. The Morgan fingerprint density at radius 3 is 2.89 bits per heavy atom. The summed E-state index contributed by atoms with van der Waals surface area (Å²) in [5.74, 6) is 0.117. The molecule has 2 aromatic rings. The summed E-state index contributed by atoms with van der Waals surface area (Å²) in [5, 5.41) is 0. The van der Waals surface area contributed by atoms with Crippen molar-refractivity contribution in [2.24, 2.45) is 5.73 Å². The summed E-state index contributed by atoms with van der Waals surface area (Å²) >= 11 is 5.81. The molecule has 0 atom stereocenters. The molecule has 0 spiro atoms. The van der Waals surface area contributed by atoms with E-state index in [0.717, 1.165) is 5.52 Å². The number of primary amides is 1. The molecule has 0 aliphatic heterocycles. The van der Waals surface area contributed by atoms with Gasteiger partial charge in [0.1, 0.15) is 11.6 Å². The summed E-state index contributed by atoms with van der Waals surface area (Å²) in [4.78, 5) is 15.1. The SMILES string of the molecule is Cc1cc2c(cc1F)nc(CCl)n2CCC(N)=O. The van der Waals surface area contributed by atoms with Crippen molar-refractivity contribution in [3.8, 4) is 0 Å². The van der Waals surface area contributed by atoms with E-state index in [1.54, 1.807) is 17.6 Å². The van der Waals surface area contributed by atoms with E-state index in [0.29, 0.717) is 23.4 Å². The maximum atomic E-state index is 13.5. The van der Waals surface area contributed by atoms with Crippen LogP contribution in [0, 0.1) is 12.7 Å². The molecule has 2 N–H and O–H groups in total. The quantitative estimate of drug-likeness (QED) is 0.864. The molecule has 0 saturated heterocycles. The average Bonchev–Trinajstić information content (AvgIpc) is 2.64. The number of alkyl halides is 1. The molecule has 2 rings (SSSR count). The number of carbonyl (C=O) groups is 1. The van der Waals surface area contributed by atoms with Gasteiger partial charge in [-0.15, -0.1) is 11.6 Å². The average molecular weight is 270 g/mol. The van der Waals surface area contributed by atoms with E-state index in [1.807, 2.05) is 0 Å². The maximum absolute atomic E-state index is 13.5. The molecule has 96 valence electrons. The van der Waals surface area contributed by atoms with Crippen molar-refractivity contribution in [1.29, 1.82) is 0 Å². The third-order valence-corrected chi connectivity index (χ3v) is 3.05. The second-order valence-corrected chi connectivity index (χ2v) is 4.39. The fraction of sp³-hybridized carbons (Fsp3) is 0.333. The van der Waals surface area contributed by atoms with Crippen LogP contribution in [0.4, 0.5) is 4.39 Å². The number of rotatable bonds is 4.